The van der Waals surface area contributed by atoms with Crippen molar-refractivity contribution in [2.24, 2.45) is 4.99 Å². The van der Waals surface area contributed by atoms with E-state index in [1.807, 2.05) is 0 Å². The number of aliphatic imine (C=N–C) groups is 1. The molecule has 1 aromatic rings. The standard InChI is InChI=1S/C22H37N3O2.HI/c1-4-19-7-9-20(10-8-19)11-14-24-22(23-5-2)25-15-12-21(13-16-25)27-18-6-17-26-3;/h7-10,21H,4-6,11-18H2,1-3H3,(H,23,24);1H. The second-order valence-corrected chi connectivity index (χ2v) is 7.06. The van der Waals surface area contributed by atoms with Gasteiger partial charge in [0.15, 0.2) is 5.96 Å². The maximum absolute atomic E-state index is 5.96. The summed E-state index contributed by atoms with van der Waals surface area (Å²) < 4.78 is 11.0. The lowest BCUT2D eigenvalue weighted by Crippen LogP contribution is -2.47. The van der Waals surface area contributed by atoms with E-state index in [4.69, 9.17) is 14.5 Å². The molecule has 28 heavy (non-hydrogen) atoms. The number of nitrogens with zero attached hydrogens (tertiary/aromatic N) is 2. The van der Waals surface area contributed by atoms with Crippen LogP contribution in [0.1, 0.15) is 44.2 Å². The third kappa shape index (κ3) is 9.09. The number of likely N-dealkylation sites (tertiary alicyclic amines) is 1. The molecule has 0 atom stereocenters. The zero-order valence-electron chi connectivity index (χ0n) is 17.8. The molecule has 1 aliphatic rings. The van der Waals surface area contributed by atoms with Gasteiger partial charge >= 0.3 is 0 Å². The smallest absolute Gasteiger partial charge is 0.193 e. The number of nitrogens with one attached hydrogen (secondary N) is 1. The lowest BCUT2D eigenvalue weighted by molar-refractivity contribution is 0.00991. The molecule has 1 saturated heterocycles. The highest BCUT2D eigenvalue weighted by atomic mass is 127. The van der Waals surface area contributed by atoms with Crippen molar-refractivity contribution in [3.63, 3.8) is 0 Å². The molecule has 1 fully saturated rings. The Morgan fingerprint density at radius 1 is 1.11 bits per heavy atom. The quantitative estimate of drug-likeness (QED) is 0.228. The number of halogens is 1. The van der Waals surface area contributed by atoms with Crippen molar-refractivity contribution in [3.8, 4) is 0 Å². The highest BCUT2D eigenvalue weighted by Gasteiger charge is 2.21. The van der Waals surface area contributed by atoms with Gasteiger partial charge in [0, 0.05) is 46.5 Å². The predicted octanol–water partition coefficient (Wildman–Crippen LogP) is 3.89. The number of hydrogen-bond acceptors (Lipinski definition) is 3. The van der Waals surface area contributed by atoms with Gasteiger partial charge in [0.2, 0.25) is 0 Å². The fraction of sp³-hybridized carbons (Fsp3) is 0.682. The van der Waals surface area contributed by atoms with Crippen LogP contribution in [0.2, 0.25) is 0 Å². The Morgan fingerprint density at radius 2 is 1.79 bits per heavy atom. The van der Waals surface area contributed by atoms with Crippen LogP contribution in [0.3, 0.4) is 0 Å². The minimum absolute atomic E-state index is 0. The van der Waals surface area contributed by atoms with Crippen LogP contribution in [0.15, 0.2) is 29.3 Å². The molecule has 160 valence electrons. The van der Waals surface area contributed by atoms with Gasteiger partial charge in [-0.25, -0.2) is 0 Å². The van der Waals surface area contributed by atoms with Crippen LogP contribution >= 0.6 is 24.0 Å². The predicted molar refractivity (Wildman–Crippen MR) is 128 cm³/mol. The first-order valence-corrected chi connectivity index (χ1v) is 10.5. The third-order valence-electron chi connectivity index (χ3n) is 5.02. The van der Waals surface area contributed by atoms with E-state index < -0.39 is 0 Å². The molecule has 2 rings (SSSR count). The van der Waals surface area contributed by atoms with Gasteiger partial charge in [0.25, 0.3) is 0 Å². The van der Waals surface area contributed by atoms with Gasteiger partial charge in [-0.3, -0.25) is 4.99 Å². The average Bonchev–Trinajstić information content (AvgIpc) is 2.71. The minimum Gasteiger partial charge on any atom is -0.385 e. The van der Waals surface area contributed by atoms with Gasteiger partial charge in [-0.15, -0.1) is 24.0 Å². The van der Waals surface area contributed by atoms with E-state index in [-0.39, 0.29) is 24.0 Å². The van der Waals surface area contributed by atoms with Crippen LogP contribution < -0.4 is 5.32 Å². The van der Waals surface area contributed by atoms with Crippen molar-refractivity contribution in [1.29, 1.82) is 0 Å². The first kappa shape index (κ1) is 25.2. The van der Waals surface area contributed by atoms with E-state index in [0.29, 0.717) is 6.10 Å². The monoisotopic (exact) mass is 503 g/mol. The summed E-state index contributed by atoms with van der Waals surface area (Å²) in [5, 5.41) is 3.45. The first-order valence-electron chi connectivity index (χ1n) is 10.5. The van der Waals surface area contributed by atoms with Crippen LogP contribution in [0.25, 0.3) is 0 Å². The molecule has 0 saturated carbocycles. The van der Waals surface area contributed by atoms with Crippen molar-refractivity contribution in [3.05, 3.63) is 35.4 Å². The number of benzene rings is 1. The highest BCUT2D eigenvalue weighted by Crippen LogP contribution is 2.14. The molecule has 1 aromatic carbocycles. The fourth-order valence-corrected chi connectivity index (χ4v) is 3.35. The molecule has 1 N–H and O–H groups in total. The second kappa shape index (κ2) is 15.0. The number of rotatable bonds is 10. The van der Waals surface area contributed by atoms with Crippen molar-refractivity contribution < 1.29 is 9.47 Å². The van der Waals surface area contributed by atoms with Gasteiger partial charge in [0.1, 0.15) is 0 Å². The Hall–Kier alpha value is -0.860. The van der Waals surface area contributed by atoms with E-state index in [9.17, 15) is 0 Å². The van der Waals surface area contributed by atoms with Gasteiger partial charge in [-0.2, -0.15) is 0 Å². The number of methoxy groups -OCH3 is 1. The van der Waals surface area contributed by atoms with Crippen molar-refractivity contribution in [2.75, 3.05) is 46.5 Å². The molecular weight excluding hydrogens is 465 g/mol. The summed E-state index contributed by atoms with van der Waals surface area (Å²) in [6.07, 6.45) is 5.55. The third-order valence-corrected chi connectivity index (χ3v) is 5.02. The van der Waals surface area contributed by atoms with E-state index in [0.717, 1.165) is 77.5 Å². The number of guanidine groups is 1. The molecule has 0 bridgehead atoms. The van der Waals surface area contributed by atoms with Crippen LogP contribution in [0.4, 0.5) is 0 Å². The molecule has 0 amide bonds. The topological polar surface area (TPSA) is 46.1 Å². The highest BCUT2D eigenvalue weighted by molar-refractivity contribution is 14.0. The largest absolute Gasteiger partial charge is 0.385 e. The van der Waals surface area contributed by atoms with E-state index in [2.05, 4.69) is 48.3 Å². The SMILES string of the molecule is CCNC(=NCCc1ccc(CC)cc1)N1CCC(OCCCOC)CC1.I. The summed E-state index contributed by atoms with van der Waals surface area (Å²) >= 11 is 0. The molecule has 0 spiro atoms. The van der Waals surface area contributed by atoms with Gasteiger partial charge in [-0.1, -0.05) is 31.2 Å². The maximum atomic E-state index is 5.96. The molecule has 0 unspecified atom stereocenters. The number of aryl methyl sites for hydroxylation is 1. The fourth-order valence-electron chi connectivity index (χ4n) is 3.35. The van der Waals surface area contributed by atoms with Crippen molar-refractivity contribution in [2.45, 2.75) is 52.1 Å². The Balaban J connectivity index is 0.00000392. The van der Waals surface area contributed by atoms with Crippen molar-refractivity contribution in [1.82, 2.24) is 10.2 Å². The summed E-state index contributed by atoms with van der Waals surface area (Å²) in [5.74, 6) is 1.04. The molecule has 5 nitrogen and oxygen atoms in total. The number of ether oxygens (including phenoxy) is 2. The molecule has 0 aliphatic carbocycles. The first-order chi connectivity index (χ1) is 13.3. The summed E-state index contributed by atoms with van der Waals surface area (Å²) in [7, 11) is 1.74. The van der Waals surface area contributed by atoms with Gasteiger partial charge < -0.3 is 19.7 Å². The van der Waals surface area contributed by atoms with Crippen LogP contribution in [-0.2, 0) is 22.3 Å². The summed E-state index contributed by atoms with van der Waals surface area (Å²) in [6, 6.07) is 8.91. The molecule has 0 aromatic heterocycles. The maximum Gasteiger partial charge on any atom is 0.193 e. The normalized spacial score (nSPS) is 15.4. The Labute approximate surface area is 188 Å². The van der Waals surface area contributed by atoms with Crippen LogP contribution in [0.5, 0.6) is 0 Å². The van der Waals surface area contributed by atoms with Gasteiger partial charge in [-0.05, 0) is 50.2 Å². The summed E-state index contributed by atoms with van der Waals surface area (Å²) in [4.78, 5) is 7.23. The van der Waals surface area contributed by atoms with Crippen molar-refractivity contribution >= 4 is 29.9 Å². The molecular formula is C22H38IN3O2. The Morgan fingerprint density at radius 3 is 2.39 bits per heavy atom. The lowest BCUT2D eigenvalue weighted by atomic mass is 10.1. The second-order valence-electron chi connectivity index (χ2n) is 7.06. The molecule has 1 heterocycles. The Bertz CT molecular complexity index is 543. The van der Waals surface area contributed by atoms with E-state index in [1.165, 1.54) is 11.1 Å². The zero-order valence-corrected chi connectivity index (χ0v) is 20.1. The number of piperidine rings is 1. The lowest BCUT2D eigenvalue weighted by Gasteiger charge is -2.34. The summed E-state index contributed by atoms with van der Waals surface area (Å²) in [5.41, 5.74) is 2.75. The zero-order chi connectivity index (χ0) is 19.3. The Kier molecular flexibility index (Phi) is 13.5. The van der Waals surface area contributed by atoms with Crippen LogP contribution in [0, 0.1) is 0 Å². The minimum atomic E-state index is 0. The van der Waals surface area contributed by atoms with E-state index in [1.54, 1.807) is 7.11 Å². The van der Waals surface area contributed by atoms with Crippen LogP contribution in [-0.4, -0.2) is 63.5 Å². The van der Waals surface area contributed by atoms with E-state index >= 15 is 0 Å². The van der Waals surface area contributed by atoms with Gasteiger partial charge in [0.05, 0.1) is 6.10 Å². The molecule has 1 aliphatic heterocycles. The average molecular weight is 503 g/mol. The molecule has 6 heteroatoms. The summed E-state index contributed by atoms with van der Waals surface area (Å²) in [6.45, 7) is 9.62. The number of hydrogen-bond donors (Lipinski definition) is 1. The molecule has 0 radical (unpaired) electrons.